The average Bonchev–Trinajstić information content (AvgIpc) is 2.53. The molecule has 1 aromatic rings. The zero-order valence-electron chi connectivity index (χ0n) is 15.0. The molecule has 1 saturated heterocycles. The van der Waals surface area contributed by atoms with Crippen LogP contribution < -0.4 is 5.73 Å². The number of piperazine rings is 1. The number of hydrogen-bond acceptors (Lipinski definition) is 3. The maximum absolute atomic E-state index is 12.8. The average molecular weight is 317 g/mol. The topological polar surface area (TPSA) is 49.6 Å². The highest BCUT2D eigenvalue weighted by Gasteiger charge is 2.35. The molecular weight excluding hydrogens is 286 g/mol. The lowest BCUT2D eigenvalue weighted by atomic mass is 9.91. The van der Waals surface area contributed by atoms with Crippen LogP contribution >= 0.6 is 0 Å². The maximum atomic E-state index is 12.8. The third kappa shape index (κ3) is 4.79. The number of nitrogens with zero attached hydrogens (tertiary/aromatic N) is 2. The first-order valence-electron chi connectivity index (χ1n) is 8.56. The molecule has 0 radical (unpaired) electrons. The van der Waals surface area contributed by atoms with E-state index in [0.29, 0.717) is 5.41 Å². The summed E-state index contributed by atoms with van der Waals surface area (Å²) in [5.74, 6) is 0.0270. The summed E-state index contributed by atoms with van der Waals surface area (Å²) in [5.41, 5.74) is 6.64. The van der Waals surface area contributed by atoms with Gasteiger partial charge in [0.05, 0.1) is 0 Å². The fraction of sp³-hybridized carbons (Fsp3) is 0.632. The summed E-state index contributed by atoms with van der Waals surface area (Å²) in [4.78, 5) is 17.2. The van der Waals surface area contributed by atoms with Crippen molar-refractivity contribution in [1.82, 2.24) is 9.80 Å². The second-order valence-corrected chi connectivity index (χ2v) is 8.01. The van der Waals surface area contributed by atoms with Crippen LogP contribution in [0, 0.1) is 5.41 Å². The summed E-state index contributed by atoms with van der Waals surface area (Å²) in [6.07, 6.45) is 1.18. The van der Waals surface area contributed by atoms with Gasteiger partial charge in [-0.2, -0.15) is 0 Å². The highest BCUT2D eigenvalue weighted by molar-refractivity contribution is 5.87. The Morgan fingerprint density at radius 2 is 1.61 bits per heavy atom. The van der Waals surface area contributed by atoms with E-state index >= 15 is 0 Å². The van der Waals surface area contributed by atoms with Crippen LogP contribution in [0.15, 0.2) is 30.3 Å². The van der Waals surface area contributed by atoms with Gasteiger partial charge in [0.2, 0.25) is 5.91 Å². The molecule has 23 heavy (non-hydrogen) atoms. The van der Waals surface area contributed by atoms with Gasteiger partial charge in [-0.15, -0.1) is 0 Å². The van der Waals surface area contributed by atoms with E-state index in [4.69, 9.17) is 5.73 Å². The van der Waals surface area contributed by atoms with Crippen molar-refractivity contribution in [1.29, 1.82) is 0 Å². The molecule has 0 aromatic heterocycles. The number of nitrogens with two attached hydrogens (primary N) is 1. The van der Waals surface area contributed by atoms with Gasteiger partial charge in [0.1, 0.15) is 5.54 Å². The van der Waals surface area contributed by atoms with E-state index in [1.54, 1.807) is 0 Å². The van der Waals surface area contributed by atoms with Gasteiger partial charge in [-0.1, -0.05) is 51.1 Å². The molecule has 2 N–H and O–H groups in total. The van der Waals surface area contributed by atoms with E-state index in [0.717, 1.165) is 38.3 Å². The van der Waals surface area contributed by atoms with E-state index < -0.39 is 5.54 Å². The summed E-state index contributed by atoms with van der Waals surface area (Å²) in [6.45, 7) is 13.1. The second-order valence-electron chi connectivity index (χ2n) is 8.01. The normalized spacial score (nSPS) is 19.4. The van der Waals surface area contributed by atoms with E-state index in [9.17, 15) is 4.79 Å². The minimum atomic E-state index is -0.950. The summed E-state index contributed by atoms with van der Waals surface area (Å²) < 4.78 is 0. The van der Waals surface area contributed by atoms with Gasteiger partial charge in [0, 0.05) is 26.2 Å². The van der Waals surface area contributed by atoms with Crippen LogP contribution in [0.1, 0.15) is 39.7 Å². The van der Waals surface area contributed by atoms with Crippen molar-refractivity contribution in [2.75, 3.05) is 32.7 Å². The van der Waals surface area contributed by atoms with Crippen molar-refractivity contribution in [3.63, 3.8) is 0 Å². The Balaban J connectivity index is 1.91. The Bertz CT molecular complexity index is 511. The molecule has 1 aromatic carbocycles. The molecule has 4 nitrogen and oxygen atoms in total. The Morgan fingerprint density at radius 3 is 2.13 bits per heavy atom. The first-order chi connectivity index (χ1) is 10.7. The van der Waals surface area contributed by atoms with Crippen LogP contribution in [0.5, 0.6) is 0 Å². The Morgan fingerprint density at radius 1 is 1.04 bits per heavy atom. The van der Waals surface area contributed by atoms with Crippen LogP contribution in [0.25, 0.3) is 0 Å². The number of amides is 1. The number of carbonyl (C=O) groups excluding carboxylic acids is 1. The monoisotopic (exact) mass is 317 g/mol. The molecule has 1 amide bonds. The zero-order valence-corrected chi connectivity index (χ0v) is 15.0. The molecule has 0 aliphatic carbocycles. The Kier molecular flexibility index (Phi) is 5.48. The van der Waals surface area contributed by atoms with Crippen molar-refractivity contribution in [2.24, 2.45) is 11.1 Å². The van der Waals surface area contributed by atoms with Crippen LogP contribution in [-0.2, 0) is 10.3 Å². The SMILES string of the molecule is CC(C)(C)CCN1CCN(C(=O)C(C)(N)c2ccccc2)CC1. The quantitative estimate of drug-likeness (QED) is 0.928. The fourth-order valence-electron chi connectivity index (χ4n) is 2.90. The summed E-state index contributed by atoms with van der Waals surface area (Å²) in [7, 11) is 0. The largest absolute Gasteiger partial charge is 0.338 e. The minimum Gasteiger partial charge on any atom is -0.338 e. The maximum Gasteiger partial charge on any atom is 0.247 e. The molecule has 1 unspecified atom stereocenters. The minimum absolute atomic E-state index is 0.0270. The molecule has 128 valence electrons. The van der Waals surface area contributed by atoms with Crippen molar-refractivity contribution >= 4 is 5.91 Å². The van der Waals surface area contributed by atoms with Gasteiger partial charge < -0.3 is 10.6 Å². The molecule has 0 bridgehead atoms. The first-order valence-corrected chi connectivity index (χ1v) is 8.56. The predicted molar refractivity (Wildman–Crippen MR) is 95.1 cm³/mol. The molecule has 1 aliphatic rings. The van der Waals surface area contributed by atoms with Gasteiger partial charge in [0.25, 0.3) is 0 Å². The molecule has 1 aliphatic heterocycles. The molecule has 4 heteroatoms. The van der Waals surface area contributed by atoms with E-state index in [1.165, 1.54) is 6.42 Å². The van der Waals surface area contributed by atoms with E-state index in [-0.39, 0.29) is 5.91 Å². The molecule has 1 fully saturated rings. The Hall–Kier alpha value is -1.39. The smallest absolute Gasteiger partial charge is 0.247 e. The van der Waals surface area contributed by atoms with E-state index in [1.807, 2.05) is 42.2 Å². The van der Waals surface area contributed by atoms with Gasteiger partial charge in [-0.25, -0.2) is 0 Å². The van der Waals surface area contributed by atoms with Gasteiger partial charge in [0.15, 0.2) is 0 Å². The number of benzene rings is 1. The summed E-state index contributed by atoms with van der Waals surface area (Å²) in [6, 6.07) is 9.66. The predicted octanol–water partition coefficient (Wildman–Crippen LogP) is 2.44. The molecule has 1 heterocycles. The third-order valence-electron chi connectivity index (χ3n) is 4.66. The van der Waals surface area contributed by atoms with E-state index in [2.05, 4.69) is 25.7 Å². The van der Waals surface area contributed by atoms with Crippen molar-refractivity contribution in [3.05, 3.63) is 35.9 Å². The summed E-state index contributed by atoms with van der Waals surface area (Å²) in [5, 5.41) is 0. The van der Waals surface area contributed by atoms with Gasteiger partial charge in [-0.05, 0) is 30.9 Å². The molecular formula is C19H31N3O. The molecule has 1 atom stereocenters. The standard InChI is InChI=1S/C19H31N3O/c1-18(2,3)10-11-21-12-14-22(15-13-21)17(23)19(4,20)16-8-6-5-7-9-16/h5-9H,10-15,20H2,1-4H3. The second kappa shape index (κ2) is 7.02. The lowest BCUT2D eigenvalue weighted by Gasteiger charge is -2.39. The van der Waals surface area contributed by atoms with Crippen molar-refractivity contribution in [2.45, 2.75) is 39.7 Å². The van der Waals surface area contributed by atoms with Crippen molar-refractivity contribution < 1.29 is 4.79 Å². The Labute approximate surface area is 140 Å². The van der Waals surface area contributed by atoms with Gasteiger partial charge >= 0.3 is 0 Å². The van der Waals surface area contributed by atoms with Crippen LogP contribution in [0.4, 0.5) is 0 Å². The number of hydrogen-bond donors (Lipinski definition) is 1. The molecule has 0 saturated carbocycles. The number of carbonyl (C=O) groups is 1. The highest BCUT2D eigenvalue weighted by Crippen LogP contribution is 2.22. The highest BCUT2D eigenvalue weighted by atomic mass is 16.2. The lowest BCUT2D eigenvalue weighted by molar-refractivity contribution is -0.138. The lowest BCUT2D eigenvalue weighted by Crippen LogP contribution is -2.56. The molecule has 2 rings (SSSR count). The fourth-order valence-corrected chi connectivity index (χ4v) is 2.90. The zero-order chi connectivity index (χ0) is 17.1. The third-order valence-corrected chi connectivity index (χ3v) is 4.66. The number of rotatable bonds is 4. The van der Waals surface area contributed by atoms with Crippen molar-refractivity contribution in [3.8, 4) is 0 Å². The van der Waals surface area contributed by atoms with Crippen LogP contribution in [0.3, 0.4) is 0 Å². The first kappa shape index (κ1) is 18.0. The van der Waals surface area contributed by atoms with Crippen LogP contribution in [0.2, 0.25) is 0 Å². The molecule has 0 spiro atoms. The van der Waals surface area contributed by atoms with Gasteiger partial charge in [-0.3, -0.25) is 9.69 Å². The summed E-state index contributed by atoms with van der Waals surface area (Å²) >= 11 is 0. The van der Waals surface area contributed by atoms with Crippen LogP contribution in [-0.4, -0.2) is 48.4 Å².